The highest BCUT2D eigenvalue weighted by Gasteiger charge is 2.46. The minimum absolute atomic E-state index is 0.151. The van der Waals surface area contributed by atoms with Crippen molar-refractivity contribution >= 4 is 22.1 Å². The molecular weight excluding hydrogens is 873 g/mol. The average molecular weight is 971 g/mol. The number of unbranched alkanes of at least 4 members (excludes halogenated alkanes) is 28. The van der Waals surface area contributed by atoms with Crippen molar-refractivity contribution in [2.45, 2.75) is 275 Å². The lowest BCUT2D eigenvalue weighted by Gasteiger charge is -2.40. The Labute approximate surface area is 408 Å². The lowest BCUT2D eigenvalue weighted by molar-refractivity contribution is -0.297. The van der Waals surface area contributed by atoms with Crippen LogP contribution in [0.4, 0.5) is 0 Å². The van der Waals surface area contributed by atoms with E-state index in [-0.39, 0.29) is 19.4 Å². The Bertz CT molecular complexity index is 1370. The molecule has 0 radical (unpaired) electrons. The van der Waals surface area contributed by atoms with Crippen LogP contribution in [0.25, 0.3) is 0 Å². The highest BCUT2D eigenvalue weighted by molar-refractivity contribution is 7.85. The minimum atomic E-state index is -4.61. The van der Waals surface area contributed by atoms with E-state index in [2.05, 4.69) is 50.3 Å². The molecule has 67 heavy (non-hydrogen) atoms. The van der Waals surface area contributed by atoms with Gasteiger partial charge in [0.1, 0.15) is 36.8 Å². The van der Waals surface area contributed by atoms with Gasteiger partial charge in [-0.05, 0) is 51.4 Å². The molecule has 0 aliphatic carbocycles. The van der Waals surface area contributed by atoms with Gasteiger partial charge in [0.2, 0.25) is 0 Å². The summed E-state index contributed by atoms with van der Waals surface area (Å²) in [5.41, 5.74) is 0. The van der Waals surface area contributed by atoms with Crippen LogP contribution in [-0.2, 0) is 38.7 Å². The summed E-state index contributed by atoms with van der Waals surface area (Å²) in [5.74, 6) is -1.99. The maximum Gasteiger partial charge on any atom is 0.306 e. The molecule has 1 aliphatic rings. The smallest absolute Gasteiger partial charge is 0.306 e. The van der Waals surface area contributed by atoms with Gasteiger partial charge in [-0.2, -0.15) is 8.42 Å². The molecule has 0 saturated carbocycles. The zero-order valence-corrected chi connectivity index (χ0v) is 43.1. The van der Waals surface area contributed by atoms with Gasteiger partial charge < -0.3 is 34.3 Å². The molecule has 0 spiro atoms. The Balaban J connectivity index is 2.35. The van der Waals surface area contributed by atoms with Crippen LogP contribution in [0.1, 0.15) is 239 Å². The van der Waals surface area contributed by atoms with E-state index >= 15 is 0 Å². The van der Waals surface area contributed by atoms with Crippen molar-refractivity contribution in [2.75, 3.05) is 19.0 Å². The van der Waals surface area contributed by atoms with Gasteiger partial charge in [0.05, 0.1) is 6.61 Å². The fourth-order valence-corrected chi connectivity index (χ4v) is 8.96. The first-order chi connectivity index (χ1) is 32.5. The van der Waals surface area contributed by atoms with Gasteiger partial charge in [0.15, 0.2) is 12.4 Å². The van der Waals surface area contributed by atoms with Crippen molar-refractivity contribution < 1.29 is 56.8 Å². The molecule has 0 aromatic heterocycles. The van der Waals surface area contributed by atoms with Gasteiger partial charge in [-0.25, -0.2) is 0 Å². The maximum absolute atomic E-state index is 12.9. The lowest BCUT2D eigenvalue weighted by atomic mass is 10.00. The van der Waals surface area contributed by atoms with Gasteiger partial charge in [-0.1, -0.05) is 211 Å². The van der Waals surface area contributed by atoms with Crippen LogP contribution >= 0.6 is 0 Å². The van der Waals surface area contributed by atoms with E-state index in [1.165, 1.54) is 128 Å². The number of esters is 2. The molecule has 6 unspecified atom stereocenters. The first kappa shape index (κ1) is 62.9. The van der Waals surface area contributed by atoms with Crippen LogP contribution in [-0.4, -0.2) is 96.0 Å². The van der Waals surface area contributed by atoms with Crippen LogP contribution in [0.15, 0.2) is 36.5 Å². The van der Waals surface area contributed by atoms with E-state index < -0.39 is 71.2 Å². The minimum Gasteiger partial charge on any atom is -0.462 e. The SMILES string of the molecule is CCCCC/C=C\C/C=C\C/C=C\CCCCCCCCC(=O)OC(COC(=O)CCCCCCCCCCCCCCCCCCCCCC)COC1OC(CS(=O)(=O)O)C(O)C(O)C1O. The van der Waals surface area contributed by atoms with Crippen LogP contribution < -0.4 is 0 Å². The second kappa shape index (κ2) is 43.9. The van der Waals surface area contributed by atoms with E-state index in [9.17, 15) is 37.9 Å². The fraction of sp³-hybridized carbons (Fsp3) is 0.852. The zero-order chi connectivity index (χ0) is 49.1. The summed E-state index contributed by atoms with van der Waals surface area (Å²) in [6.07, 6.45) is 43.2. The fourth-order valence-electron chi connectivity index (χ4n) is 8.27. The Morgan fingerprint density at radius 3 is 1.36 bits per heavy atom. The first-order valence-corrected chi connectivity index (χ1v) is 28.7. The largest absolute Gasteiger partial charge is 0.462 e. The number of hydrogen-bond acceptors (Lipinski definition) is 11. The number of rotatable bonds is 46. The summed E-state index contributed by atoms with van der Waals surface area (Å²) in [6, 6.07) is 0. The maximum atomic E-state index is 12.9. The van der Waals surface area contributed by atoms with Crippen LogP contribution in [0.2, 0.25) is 0 Å². The standard InChI is InChI=1S/C54H98O12S/c1-3-5-7-9-11-13-15-17-19-21-23-25-26-28-30-32-34-36-38-40-42-49(55)63-44-47(45-64-54-53(59)52(58)51(57)48(66-54)46-67(60,61)62)65-50(56)43-41-39-37-35-33-31-29-27-24-22-20-18-16-14-12-10-8-6-4-2/h12,14,18,20,24,27,47-48,51-54,57-59H,3-11,13,15-17,19,21-23,25-26,28-46H2,1-2H3,(H,60,61,62)/b14-12-,20-18-,27-24-. The van der Waals surface area contributed by atoms with Gasteiger partial charge >= 0.3 is 11.9 Å². The summed E-state index contributed by atoms with van der Waals surface area (Å²) in [4.78, 5) is 25.6. The van der Waals surface area contributed by atoms with Crippen LogP contribution in [0.3, 0.4) is 0 Å². The molecule has 1 rings (SSSR count). The van der Waals surface area contributed by atoms with Crippen LogP contribution in [0.5, 0.6) is 0 Å². The molecule has 4 N–H and O–H groups in total. The summed E-state index contributed by atoms with van der Waals surface area (Å²) >= 11 is 0. The van der Waals surface area contributed by atoms with Crippen molar-refractivity contribution in [1.82, 2.24) is 0 Å². The Kier molecular flexibility index (Phi) is 41.2. The van der Waals surface area contributed by atoms with Crippen molar-refractivity contribution in [3.8, 4) is 0 Å². The number of carbonyl (C=O) groups is 2. The second-order valence-corrected chi connectivity index (χ2v) is 20.4. The molecule has 1 heterocycles. The lowest BCUT2D eigenvalue weighted by Crippen LogP contribution is -2.60. The third-order valence-corrected chi connectivity index (χ3v) is 13.2. The number of aliphatic hydroxyl groups is 3. The zero-order valence-electron chi connectivity index (χ0n) is 42.3. The molecule has 0 aromatic rings. The predicted molar refractivity (Wildman–Crippen MR) is 270 cm³/mol. The Hall–Kier alpha value is -2.13. The summed E-state index contributed by atoms with van der Waals surface area (Å²) in [7, 11) is -4.61. The third-order valence-electron chi connectivity index (χ3n) is 12.5. The number of hydrogen-bond donors (Lipinski definition) is 4. The summed E-state index contributed by atoms with van der Waals surface area (Å²) in [5, 5.41) is 31.0. The van der Waals surface area contributed by atoms with Gasteiger partial charge in [-0.15, -0.1) is 0 Å². The van der Waals surface area contributed by atoms with E-state index in [4.69, 9.17) is 18.9 Å². The van der Waals surface area contributed by atoms with Gasteiger partial charge in [0.25, 0.3) is 10.1 Å². The van der Waals surface area contributed by atoms with E-state index in [0.717, 1.165) is 70.6 Å². The molecule has 0 aromatic carbocycles. The quantitative estimate of drug-likeness (QED) is 0.0196. The molecule has 1 fully saturated rings. The highest BCUT2D eigenvalue weighted by Crippen LogP contribution is 2.24. The van der Waals surface area contributed by atoms with Crippen molar-refractivity contribution in [1.29, 1.82) is 0 Å². The Morgan fingerprint density at radius 1 is 0.507 bits per heavy atom. The van der Waals surface area contributed by atoms with Crippen molar-refractivity contribution in [2.24, 2.45) is 0 Å². The topological polar surface area (TPSA) is 186 Å². The summed E-state index contributed by atoms with van der Waals surface area (Å²) in [6.45, 7) is 3.76. The second-order valence-electron chi connectivity index (χ2n) is 18.9. The van der Waals surface area contributed by atoms with Gasteiger partial charge in [-0.3, -0.25) is 14.1 Å². The normalized spacial score (nSPS) is 19.5. The van der Waals surface area contributed by atoms with E-state index in [1.807, 2.05) is 0 Å². The molecule has 392 valence electrons. The van der Waals surface area contributed by atoms with E-state index in [0.29, 0.717) is 12.8 Å². The van der Waals surface area contributed by atoms with Crippen LogP contribution in [0, 0.1) is 0 Å². The highest BCUT2D eigenvalue weighted by atomic mass is 32.2. The first-order valence-electron chi connectivity index (χ1n) is 27.0. The monoisotopic (exact) mass is 971 g/mol. The Morgan fingerprint density at radius 2 is 0.896 bits per heavy atom. The van der Waals surface area contributed by atoms with E-state index in [1.54, 1.807) is 0 Å². The number of aliphatic hydroxyl groups excluding tert-OH is 3. The molecule has 1 saturated heterocycles. The van der Waals surface area contributed by atoms with Crippen molar-refractivity contribution in [3.05, 3.63) is 36.5 Å². The molecule has 0 amide bonds. The molecule has 13 heteroatoms. The number of allylic oxidation sites excluding steroid dienone is 6. The molecule has 1 aliphatic heterocycles. The molecule has 0 bridgehead atoms. The number of ether oxygens (including phenoxy) is 4. The predicted octanol–water partition coefficient (Wildman–Crippen LogP) is 12.5. The third kappa shape index (κ3) is 38.3. The average Bonchev–Trinajstić information content (AvgIpc) is 3.30. The number of carbonyl (C=O) groups excluding carboxylic acids is 2. The van der Waals surface area contributed by atoms with Gasteiger partial charge in [0, 0.05) is 12.8 Å². The van der Waals surface area contributed by atoms with Crippen molar-refractivity contribution in [3.63, 3.8) is 0 Å². The molecular formula is C54H98O12S. The summed E-state index contributed by atoms with van der Waals surface area (Å²) < 4.78 is 54.3. The molecule has 12 nitrogen and oxygen atoms in total. The molecule has 6 atom stereocenters.